The number of thioether (sulfide) groups is 1. The molecule has 2 aliphatic rings. The number of halogens is 3. The Morgan fingerprint density at radius 1 is 1.22 bits per heavy atom. The van der Waals surface area contributed by atoms with Gasteiger partial charge in [0.2, 0.25) is 0 Å². The molecule has 0 radical (unpaired) electrons. The first-order valence-corrected chi connectivity index (χ1v) is 12.1. The first-order valence-electron chi connectivity index (χ1n) is 11.1. The third kappa shape index (κ3) is 4.00. The smallest absolute Gasteiger partial charge is 0.391 e. The molecule has 184 valence electrons. The number of nitrogens with one attached hydrogen (secondary N) is 1. The number of H-pyrrole nitrogens is 1. The van der Waals surface area contributed by atoms with E-state index in [0.717, 1.165) is 30.5 Å². The average Bonchev–Trinajstić information content (AvgIpc) is 3.23. The Morgan fingerprint density at radius 2 is 2.06 bits per heavy atom. The number of nitrogens with zero attached hydrogens (tertiary/aromatic N) is 3. The summed E-state index contributed by atoms with van der Waals surface area (Å²) in [6.45, 7) is 0. The monoisotopic (exact) mass is 514 g/mol. The number of fused-ring (bicyclic) bond motifs is 1. The number of rotatable bonds is 5. The summed E-state index contributed by atoms with van der Waals surface area (Å²) < 4.78 is 51.7. The van der Waals surface area contributed by atoms with Gasteiger partial charge in [-0.3, -0.25) is 9.36 Å². The van der Waals surface area contributed by atoms with E-state index in [9.17, 15) is 22.8 Å². The molecule has 1 unspecified atom stereocenters. The minimum atomic E-state index is -4.48. The Kier molecular flexibility index (Phi) is 5.29. The molecule has 3 aromatic heterocycles. The zero-order valence-corrected chi connectivity index (χ0v) is 19.2. The number of aromatic amines is 1. The summed E-state index contributed by atoms with van der Waals surface area (Å²) in [5, 5.41) is 4.64. The maximum absolute atomic E-state index is 13.2. The van der Waals surface area contributed by atoms with Gasteiger partial charge in [-0.05, 0) is 36.5 Å². The average molecular weight is 514 g/mol. The number of carbonyl (C=O) groups excluding carboxylic acids is 1. The second-order valence-corrected chi connectivity index (χ2v) is 9.57. The summed E-state index contributed by atoms with van der Waals surface area (Å²) in [5.41, 5.74) is 0.689. The Balaban J connectivity index is 1.38. The molecule has 6 rings (SSSR count). The van der Waals surface area contributed by atoms with Crippen LogP contribution in [0.4, 0.5) is 13.2 Å². The minimum absolute atomic E-state index is 0.0503. The van der Waals surface area contributed by atoms with Gasteiger partial charge in [-0.15, -0.1) is 11.8 Å². The number of carbonyl (C=O) groups is 1. The van der Waals surface area contributed by atoms with Gasteiger partial charge < -0.3 is 14.2 Å². The first kappa shape index (κ1) is 22.7. The number of benzene rings is 1. The second-order valence-electron chi connectivity index (χ2n) is 8.56. The third-order valence-electron chi connectivity index (χ3n) is 6.12. The van der Waals surface area contributed by atoms with Crippen LogP contribution in [0.3, 0.4) is 0 Å². The Bertz CT molecular complexity index is 1520. The van der Waals surface area contributed by atoms with Crippen molar-refractivity contribution in [2.45, 2.75) is 36.0 Å². The topological polar surface area (TPSA) is 103 Å². The highest BCUT2D eigenvalue weighted by Crippen LogP contribution is 2.50. The lowest BCUT2D eigenvalue weighted by Gasteiger charge is -2.15. The minimum Gasteiger partial charge on any atom is -0.391 e. The van der Waals surface area contributed by atoms with Crippen molar-refractivity contribution >= 4 is 17.7 Å². The molecule has 1 atom stereocenters. The van der Waals surface area contributed by atoms with Crippen molar-refractivity contribution in [3.05, 3.63) is 70.3 Å². The van der Waals surface area contributed by atoms with Gasteiger partial charge in [0, 0.05) is 41.4 Å². The zero-order chi connectivity index (χ0) is 25.0. The molecule has 1 fully saturated rings. The van der Waals surface area contributed by atoms with Gasteiger partial charge >= 0.3 is 18.2 Å². The van der Waals surface area contributed by atoms with Gasteiger partial charge in [0.25, 0.3) is 5.56 Å². The highest BCUT2D eigenvalue weighted by Gasteiger charge is 2.39. The van der Waals surface area contributed by atoms with Crippen LogP contribution < -0.4 is 10.3 Å². The van der Waals surface area contributed by atoms with Crippen molar-refractivity contribution in [1.82, 2.24) is 19.7 Å². The summed E-state index contributed by atoms with van der Waals surface area (Å²) in [4.78, 5) is 32.5. The normalized spacial score (nSPS) is 17.2. The lowest BCUT2D eigenvalue weighted by molar-refractivity contribution is -0.138. The van der Waals surface area contributed by atoms with Gasteiger partial charge in [-0.25, -0.2) is 9.78 Å². The molecule has 1 aromatic carbocycles. The van der Waals surface area contributed by atoms with Crippen LogP contribution in [0, 0.1) is 0 Å². The van der Waals surface area contributed by atoms with Crippen LogP contribution in [0.2, 0.25) is 0 Å². The second kappa shape index (κ2) is 8.40. The van der Waals surface area contributed by atoms with E-state index in [2.05, 4.69) is 15.1 Å². The number of aromatic nitrogens is 4. The predicted molar refractivity (Wildman–Crippen MR) is 123 cm³/mol. The van der Waals surface area contributed by atoms with Crippen molar-refractivity contribution in [3.63, 3.8) is 0 Å². The van der Waals surface area contributed by atoms with E-state index in [4.69, 9.17) is 9.26 Å². The summed E-state index contributed by atoms with van der Waals surface area (Å²) in [5.74, 6) is 0.187. The number of alkyl halides is 3. The Morgan fingerprint density at radius 3 is 2.78 bits per heavy atom. The SMILES string of the molecule is O=C(Oc1ncc[nH]1)C1CSc2c(C3CC3)c(-c3cc(-c4cccc(C(F)(F)F)c4)no3)cc(=O)n21. The van der Waals surface area contributed by atoms with E-state index in [0.29, 0.717) is 16.3 Å². The molecule has 4 heterocycles. The maximum atomic E-state index is 13.2. The van der Waals surface area contributed by atoms with Crippen LogP contribution in [0.5, 0.6) is 6.01 Å². The molecule has 0 spiro atoms. The molecule has 1 aliphatic heterocycles. The van der Waals surface area contributed by atoms with Gasteiger partial charge in [0.1, 0.15) is 11.7 Å². The van der Waals surface area contributed by atoms with Crippen molar-refractivity contribution in [2.24, 2.45) is 0 Å². The summed E-state index contributed by atoms with van der Waals surface area (Å²) in [6, 6.07) is 6.98. The summed E-state index contributed by atoms with van der Waals surface area (Å²) in [6.07, 6.45) is 0.315. The highest BCUT2D eigenvalue weighted by atomic mass is 32.2. The van der Waals surface area contributed by atoms with E-state index in [1.807, 2.05) is 0 Å². The fourth-order valence-corrected chi connectivity index (χ4v) is 5.69. The molecule has 36 heavy (non-hydrogen) atoms. The lowest BCUT2D eigenvalue weighted by atomic mass is 10.0. The summed E-state index contributed by atoms with van der Waals surface area (Å²) in [7, 11) is 0. The summed E-state index contributed by atoms with van der Waals surface area (Å²) >= 11 is 1.39. The molecule has 0 bridgehead atoms. The fraction of sp³-hybridized carbons (Fsp3) is 0.250. The molecule has 1 aliphatic carbocycles. The van der Waals surface area contributed by atoms with Crippen molar-refractivity contribution in [2.75, 3.05) is 5.75 Å². The number of ether oxygens (including phenoxy) is 1. The first-order chi connectivity index (χ1) is 17.3. The maximum Gasteiger partial charge on any atom is 0.416 e. The number of hydrogen-bond acceptors (Lipinski definition) is 7. The van der Waals surface area contributed by atoms with E-state index in [1.54, 1.807) is 0 Å². The van der Waals surface area contributed by atoms with Gasteiger partial charge in [0.15, 0.2) is 5.76 Å². The van der Waals surface area contributed by atoms with Gasteiger partial charge in [-0.1, -0.05) is 17.3 Å². The predicted octanol–water partition coefficient (Wildman–Crippen LogP) is 5.04. The van der Waals surface area contributed by atoms with Crippen LogP contribution >= 0.6 is 11.8 Å². The number of hydrogen-bond donors (Lipinski definition) is 1. The molecule has 1 N–H and O–H groups in total. The van der Waals surface area contributed by atoms with Crippen LogP contribution in [-0.2, 0) is 11.0 Å². The van der Waals surface area contributed by atoms with Crippen molar-refractivity contribution in [3.8, 4) is 28.6 Å². The van der Waals surface area contributed by atoms with E-state index < -0.39 is 29.3 Å². The Labute approximate surface area is 205 Å². The standard InChI is InChI=1S/C24H17F3N4O4S/c25-24(26,27)14-3-1-2-13(8-14)16-10-18(35-30-16)15-9-19(32)31-17(22(33)34-23-28-6-7-29-23)11-36-21(31)20(15)12-4-5-12/h1-3,6-10,12,17H,4-5,11H2,(H,28,29). The van der Waals surface area contributed by atoms with Crippen LogP contribution in [0.25, 0.3) is 22.6 Å². The number of imidazole rings is 1. The van der Waals surface area contributed by atoms with Crippen molar-refractivity contribution < 1.29 is 27.2 Å². The zero-order valence-electron chi connectivity index (χ0n) is 18.4. The fourth-order valence-electron chi connectivity index (χ4n) is 4.30. The van der Waals surface area contributed by atoms with E-state index in [-0.39, 0.29) is 28.9 Å². The van der Waals surface area contributed by atoms with Gasteiger partial charge in [0.05, 0.1) is 10.6 Å². The molecule has 12 heteroatoms. The van der Waals surface area contributed by atoms with E-state index >= 15 is 0 Å². The molecule has 0 amide bonds. The largest absolute Gasteiger partial charge is 0.416 e. The molecule has 1 saturated carbocycles. The van der Waals surface area contributed by atoms with Crippen LogP contribution in [-0.4, -0.2) is 31.4 Å². The van der Waals surface area contributed by atoms with Crippen molar-refractivity contribution in [1.29, 1.82) is 0 Å². The van der Waals surface area contributed by atoms with Crippen LogP contribution in [0.1, 0.15) is 35.9 Å². The van der Waals surface area contributed by atoms with Gasteiger partial charge in [-0.2, -0.15) is 13.2 Å². The van der Waals surface area contributed by atoms with Crippen LogP contribution in [0.15, 0.2) is 63.1 Å². The molecule has 8 nitrogen and oxygen atoms in total. The molecule has 0 saturated heterocycles. The lowest BCUT2D eigenvalue weighted by Crippen LogP contribution is -2.32. The molecule has 4 aromatic rings. The number of pyridine rings is 1. The molecular formula is C24H17F3N4O4S. The Hall–Kier alpha value is -3.80. The molecular weight excluding hydrogens is 497 g/mol. The quantitative estimate of drug-likeness (QED) is 0.372. The van der Waals surface area contributed by atoms with E-state index in [1.165, 1.54) is 53.0 Å². The number of esters is 1. The third-order valence-corrected chi connectivity index (χ3v) is 7.30. The highest BCUT2D eigenvalue weighted by molar-refractivity contribution is 7.99.